The fourth-order valence-electron chi connectivity index (χ4n) is 3.77. The number of ketones is 3. The number of anilines is 1. The highest BCUT2D eigenvalue weighted by Gasteiger charge is 2.24. The normalized spacial score (nSPS) is 13.5. The van der Waals surface area contributed by atoms with Gasteiger partial charge in [-0.05, 0) is 41.8 Å². The smallest absolute Gasteiger partial charge is 0.224 e. The van der Waals surface area contributed by atoms with Crippen molar-refractivity contribution < 1.29 is 19.2 Å². The van der Waals surface area contributed by atoms with Crippen LogP contribution in [0.4, 0.5) is 5.69 Å². The van der Waals surface area contributed by atoms with Crippen molar-refractivity contribution in [3.05, 3.63) is 95.6 Å². The molecule has 0 atom stereocenters. The Kier molecular flexibility index (Phi) is 6.96. The van der Waals surface area contributed by atoms with Crippen molar-refractivity contribution in [3.63, 3.8) is 0 Å². The second-order valence-corrected chi connectivity index (χ2v) is 8.79. The Balaban J connectivity index is 1.41. The van der Waals surface area contributed by atoms with Crippen molar-refractivity contribution >= 4 is 40.1 Å². The van der Waals surface area contributed by atoms with Crippen LogP contribution < -0.4 is 5.32 Å². The van der Waals surface area contributed by atoms with E-state index in [0.717, 1.165) is 0 Å². The van der Waals surface area contributed by atoms with Gasteiger partial charge in [-0.25, -0.2) is 4.98 Å². The van der Waals surface area contributed by atoms with Gasteiger partial charge in [0, 0.05) is 41.2 Å². The molecule has 1 aliphatic rings. The first-order valence-corrected chi connectivity index (χ1v) is 11.3. The quantitative estimate of drug-likeness (QED) is 0.376. The van der Waals surface area contributed by atoms with E-state index < -0.39 is 0 Å². The number of carbonyl (C=O) groups is 4. The molecule has 0 aliphatic heterocycles. The third kappa shape index (κ3) is 5.76. The summed E-state index contributed by atoms with van der Waals surface area (Å²) in [4.78, 5) is 57.1. The molecule has 0 unspecified atom stereocenters. The molecule has 0 saturated heterocycles. The summed E-state index contributed by atoms with van der Waals surface area (Å²) in [5.74, 6) is -0.315. The maximum absolute atomic E-state index is 12.7. The van der Waals surface area contributed by atoms with Crippen LogP contribution >= 0.6 is 0 Å². The lowest BCUT2D eigenvalue weighted by atomic mass is 9.92. The Hall–Kier alpha value is -4.39. The van der Waals surface area contributed by atoms with Gasteiger partial charge < -0.3 is 10.3 Å². The van der Waals surface area contributed by atoms with Gasteiger partial charge >= 0.3 is 0 Å². The van der Waals surface area contributed by atoms with Crippen LogP contribution in [-0.4, -0.2) is 33.2 Å². The number of imidazole rings is 1. The number of nitrogens with one attached hydrogen (secondary N) is 2. The highest BCUT2D eigenvalue weighted by atomic mass is 16.2. The predicted octanol–water partition coefficient (Wildman–Crippen LogP) is 4.44. The van der Waals surface area contributed by atoms with E-state index in [1.54, 1.807) is 48.5 Å². The van der Waals surface area contributed by atoms with E-state index in [-0.39, 0.29) is 47.0 Å². The monoisotopic (exact) mass is 467 g/mol. The van der Waals surface area contributed by atoms with E-state index in [1.807, 2.05) is 19.9 Å². The van der Waals surface area contributed by atoms with Crippen LogP contribution in [0.1, 0.15) is 47.7 Å². The molecule has 1 aromatic heterocycles. The summed E-state index contributed by atoms with van der Waals surface area (Å²) in [6.07, 6.45) is 4.56. The number of aromatic nitrogens is 2. The molecule has 2 aromatic carbocycles. The minimum absolute atomic E-state index is 0.0482. The van der Waals surface area contributed by atoms with E-state index in [1.165, 1.54) is 18.3 Å². The molecule has 35 heavy (non-hydrogen) atoms. The lowest BCUT2D eigenvalue weighted by Gasteiger charge is -2.11. The molecular weight excluding hydrogens is 442 g/mol. The van der Waals surface area contributed by atoms with Crippen LogP contribution in [0.3, 0.4) is 0 Å². The summed E-state index contributed by atoms with van der Waals surface area (Å²) in [5.41, 5.74) is 2.82. The number of carbonyl (C=O) groups excluding carboxylic acids is 4. The average Bonchev–Trinajstić information content (AvgIpc) is 3.29. The molecule has 0 bridgehead atoms. The lowest BCUT2D eigenvalue weighted by Crippen LogP contribution is -2.14. The lowest BCUT2D eigenvalue weighted by molar-refractivity contribution is -0.117. The number of allylic oxidation sites excluding steroid dienone is 4. The molecule has 2 N–H and O–H groups in total. The number of hydrogen-bond acceptors (Lipinski definition) is 5. The van der Waals surface area contributed by atoms with Crippen molar-refractivity contribution in [2.45, 2.75) is 26.7 Å². The third-order valence-corrected chi connectivity index (χ3v) is 5.49. The molecular formula is C28H25N3O4. The highest BCUT2D eigenvalue weighted by Crippen LogP contribution is 2.25. The second kappa shape index (κ2) is 10.3. The van der Waals surface area contributed by atoms with Crippen LogP contribution in [0.2, 0.25) is 0 Å². The Bertz CT molecular complexity index is 1350. The molecule has 0 fully saturated rings. The van der Waals surface area contributed by atoms with E-state index in [9.17, 15) is 19.2 Å². The summed E-state index contributed by atoms with van der Waals surface area (Å²) >= 11 is 0. The number of benzene rings is 2. The van der Waals surface area contributed by atoms with Crippen molar-refractivity contribution in [2.24, 2.45) is 5.92 Å². The number of rotatable bonds is 8. The maximum Gasteiger partial charge on any atom is 0.224 e. The number of aromatic amines is 1. The number of hydrogen-bond donors (Lipinski definition) is 2. The number of Topliss-reactive ketones (excluding diaryl/α,β-unsaturated/α-hetero) is 1. The third-order valence-electron chi connectivity index (χ3n) is 5.49. The maximum atomic E-state index is 12.7. The van der Waals surface area contributed by atoms with Crippen molar-refractivity contribution in [1.29, 1.82) is 0 Å². The molecule has 3 aromatic rings. The van der Waals surface area contributed by atoms with E-state index in [0.29, 0.717) is 34.5 Å². The summed E-state index contributed by atoms with van der Waals surface area (Å²) in [6.45, 7) is 3.94. The van der Waals surface area contributed by atoms with E-state index >= 15 is 0 Å². The first kappa shape index (κ1) is 23.8. The summed E-state index contributed by atoms with van der Waals surface area (Å²) in [5, 5.41) is 2.81. The van der Waals surface area contributed by atoms with Crippen LogP contribution in [0.25, 0.3) is 11.1 Å². The molecule has 7 heteroatoms. The van der Waals surface area contributed by atoms with Crippen molar-refractivity contribution in [1.82, 2.24) is 9.97 Å². The van der Waals surface area contributed by atoms with Gasteiger partial charge in [0.15, 0.2) is 17.3 Å². The Labute approximate surface area is 203 Å². The molecule has 176 valence electrons. The molecule has 1 amide bonds. The molecule has 0 radical (unpaired) electrons. The minimum Gasteiger partial charge on any atom is -0.341 e. The zero-order valence-electron chi connectivity index (χ0n) is 19.5. The van der Waals surface area contributed by atoms with Crippen LogP contribution in [0.5, 0.6) is 0 Å². The number of nitrogens with zero attached hydrogens (tertiary/aromatic N) is 1. The molecule has 0 spiro atoms. The van der Waals surface area contributed by atoms with Gasteiger partial charge in [0.25, 0.3) is 0 Å². The number of H-pyrrole nitrogens is 1. The largest absolute Gasteiger partial charge is 0.341 e. The topological polar surface area (TPSA) is 109 Å². The van der Waals surface area contributed by atoms with Crippen LogP contribution in [0.15, 0.2) is 72.9 Å². The van der Waals surface area contributed by atoms with E-state index in [4.69, 9.17) is 0 Å². The van der Waals surface area contributed by atoms with Gasteiger partial charge in [-0.1, -0.05) is 44.2 Å². The SMILES string of the molecule is CC(C)CC(=O)Nc1ccc(C(=O)Cc2cnc(C3=CC(=O)C(c4ccccc4)=CC3=O)[nH]2)cc1. The number of amides is 1. The Morgan fingerprint density at radius 1 is 0.914 bits per heavy atom. The fraction of sp³-hybridized carbons (Fsp3) is 0.179. The first-order valence-electron chi connectivity index (χ1n) is 11.3. The van der Waals surface area contributed by atoms with Crippen molar-refractivity contribution in [2.75, 3.05) is 5.32 Å². The highest BCUT2D eigenvalue weighted by molar-refractivity contribution is 6.43. The minimum atomic E-state index is -0.328. The van der Waals surface area contributed by atoms with Gasteiger partial charge in [0.2, 0.25) is 5.91 Å². The zero-order valence-corrected chi connectivity index (χ0v) is 19.5. The second-order valence-electron chi connectivity index (χ2n) is 8.79. The standard InChI is InChI=1S/C28H25N3O4/c1-17(2)12-27(35)30-20-10-8-19(9-11-20)24(32)13-21-16-29-28(31-21)23-15-25(33)22(14-26(23)34)18-6-4-3-5-7-18/h3-11,14-17H,12-13H2,1-2H3,(H,29,31)(H,30,35). The average molecular weight is 468 g/mol. The van der Waals surface area contributed by atoms with Crippen LogP contribution in [0, 0.1) is 5.92 Å². The van der Waals surface area contributed by atoms with Crippen molar-refractivity contribution in [3.8, 4) is 0 Å². The fourth-order valence-corrected chi connectivity index (χ4v) is 3.77. The Morgan fingerprint density at radius 3 is 2.26 bits per heavy atom. The summed E-state index contributed by atoms with van der Waals surface area (Å²) < 4.78 is 0. The summed E-state index contributed by atoms with van der Waals surface area (Å²) in [7, 11) is 0. The van der Waals surface area contributed by atoms with Gasteiger partial charge in [0.05, 0.1) is 12.0 Å². The predicted molar refractivity (Wildman–Crippen MR) is 134 cm³/mol. The first-order chi connectivity index (χ1) is 16.8. The molecule has 0 saturated carbocycles. The van der Waals surface area contributed by atoms with Gasteiger partial charge in [-0.2, -0.15) is 0 Å². The van der Waals surface area contributed by atoms with E-state index in [2.05, 4.69) is 15.3 Å². The summed E-state index contributed by atoms with van der Waals surface area (Å²) in [6, 6.07) is 15.7. The van der Waals surface area contributed by atoms with Gasteiger partial charge in [0.1, 0.15) is 5.82 Å². The Morgan fingerprint density at radius 2 is 1.57 bits per heavy atom. The van der Waals surface area contributed by atoms with Crippen LogP contribution in [-0.2, 0) is 20.8 Å². The molecule has 7 nitrogen and oxygen atoms in total. The van der Waals surface area contributed by atoms with Gasteiger partial charge in [-0.3, -0.25) is 19.2 Å². The van der Waals surface area contributed by atoms with Gasteiger partial charge in [-0.15, -0.1) is 0 Å². The zero-order chi connectivity index (χ0) is 24.9. The molecule has 1 heterocycles. The molecule has 4 rings (SSSR count). The molecule has 1 aliphatic carbocycles.